The van der Waals surface area contributed by atoms with Gasteiger partial charge in [0.2, 0.25) is 0 Å². The van der Waals surface area contributed by atoms with Crippen LogP contribution in [0.4, 0.5) is 5.69 Å². The maximum Gasteiger partial charge on any atom is 0.275 e. The monoisotopic (exact) mass is 407 g/mol. The van der Waals surface area contributed by atoms with Crippen molar-refractivity contribution in [2.24, 2.45) is 5.73 Å². The van der Waals surface area contributed by atoms with E-state index in [1.807, 2.05) is 0 Å². The van der Waals surface area contributed by atoms with Crippen molar-refractivity contribution in [1.29, 1.82) is 0 Å². The Morgan fingerprint density at radius 3 is 2.93 bits per heavy atom. The Hall–Kier alpha value is -2.56. The van der Waals surface area contributed by atoms with Gasteiger partial charge in [0.05, 0.1) is 7.11 Å². The average molecular weight is 408 g/mol. The van der Waals surface area contributed by atoms with Crippen LogP contribution < -0.4 is 15.8 Å². The number of carbonyl (C=O) groups excluding carboxylic acids is 1. The smallest absolute Gasteiger partial charge is 0.275 e. The van der Waals surface area contributed by atoms with Crippen LogP contribution in [0.5, 0.6) is 5.75 Å². The zero-order valence-electron chi connectivity index (χ0n) is 14.5. The summed E-state index contributed by atoms with van der Waals surface area (Å²) in [4.78, 5) is 16.6. The standard InChI is InChI=1S/C16H17N7O2S.ClH/c1-25-13-5-4-10(18-16(24)11-8-26-14(7-17)19-11)6-12(13)23-15(9-2-3-9)20-21-22-23;/h4-6,8-9H,2-3,7,17H2,1H3,(H,18,24);1H. The predicted octanol–water partition coefficient (Wildman–Crippen LogP) is 2.14. The third-order valence-corrected chi connectivity index (χ3v) is 4.93. The molecule has 3 N–H and O–H groups in total. The number of aromatic nitrogens is 5. The van der Waals surface area contributed by atoms with Crippen LogP contribution >= 0.6 is 23.7 Å². The predicted molar refractivity (Wildman–Crippen MR) is 103 cm³/mol. The summed E-state index contributed by atoms with van der Waals surface area (Å²) in [6, 6.07) is 5.32. The van der Waals surface area contributed by atoms with Crippen molar-refractivity contribution < 1.29 is 9.53 Å². The number of nitrogens with one attached hydrogen (secondary N) is 1. The van der Waals surface area contributed by atoms with Crippen LogP contribution in [0, 0.1) is 0 Å². The van der Waals surface area contributed by atoms with Crippen molar-refractivity contribution in [3.63, 3.8) is 0 Å². The topological polar surface area (TPSA) is 121 Å². The molecular formula is C16H18ClN7O2S. The minimum atomic E-state index is -0.295. The highest BCUT2D eigenvalue weighted by Crippen LogP contribution is 2.40. The maximum atomic E-state index is 12.4. The molecule has 0 spiro atoms. The number of hydrogen-bond acceptors (Lipinski definition) is 8. The summed E-state index contributed by atoms with van der Waals surface area (Å²) in [5, 5.41) is 17.2. The molecule has 0 unspecified atom stereocenters. The fraction of sp³-hybridized carbons (Fsp3) is 0.312. The number of ether oxygens (including phenoxy) is 1. The number of halogens is 1. The fourth-order valence-corrected chi connectivity index (χ4v) is 3.25. The molecule has 0 atom stereocenters. The van der Waals surface area contributed by atoms with E-state index in [1.165, 1.54) is 11.3 Å². The van der Waals surface area contributed by atoms with E-state index in [0.29, 0.717) is 40.3 Å². The molecule has 4 rings (SSSR count). The summed E-state index contributed by atoms with van der Waals surface area (Å²) >= 11 is 1.36. The van der Waals surface area contributed by atoms with Gasteiger partial charge in [0, 0.05) is 23.5 Å². The first-order valence-corrected chi connectivity index (χ1v) is 9.00. The van der Waals surface area contributed by atoms with E-state index in [1.54, 1.807) is 35.4 Å². The Bertz CT molecular complexity index is 954. The fourth-order valence-electron chi connectivity index (χ4n) is 2.60. The third kappa shape index (κ3) is 3.92. The van der Waals surface area contributed by atoms with Crippen molar-refractivity contribution in [1.82, 2.24) is 25.2 Å². The van der Waals surface area contributed by atoms with E-state index in [-0.39, 0.29) is 18.3 Å². The highest BCUT2D eigenvalue weighted by molar-refractivity contribution is 7.09. The van der Waals surface area contributed by atoms with Crippen molar-refractivity contribution >= 4 is 35.3 Å². The molecule has 1 fully saturated rings. The Morgan fingerprint density at radius 2 is 2.26 bits per heavy atom. The molecule has 0 aliphatic heterocycles. The zero-order chi connectivity index (χ0) is 18.1. The van der Waals surface area contributed by atoms with Crippen LogP contribution in [-0.4, -0.2) is 38.2 Å². The number of nitrogens with zero attached hydrogens (tertiary/aromatic N) is 5. The Labute approximate surface area is 165 Å². The van der Waals surface area contributed by atoms with Gasteiger partial charge < -0.3 is 15.8 Å². The molecule has 11 heteroatoms. The van der Waals surface area contributed by atoms with Crippen molar-refractivity contribution in [3.05, 3.63) is 40.1 Å². The van der Waals surface area contributed by atoms with Crippen LogP contribution in [0.15, 0.2) is 23.6 Å². The first-order valence-electron chi connectivity index (χ1n) is 8.12. The van der Waals surface area contributed by atoms with Gasteiger partial charge >= 0.3 is 0 Å². The summed E-state index contributed by atoms with van der Waals surface area (Å²) in [6.45, 7) is 0.313. The van der Waals surface area contributed by atoms with Gasteiger partial charge in [0.25, 0.3) is 5.91 Å². The summed E-state index contributed by atoms with van der Waals surface area (Å²) in [5.41, 5.74) is 7.17. The molecule has 142 valence electrons. The third-order valence-electron chi connectivity index (χ3n) is 4.06. The van der Waals surface area contributed by atoms with Gasteiger partial charge in [0.1, 0.15) is 22.1 Å². The molecule has 1 aliphatic rings. The maximum absolute atomic E-state index is 12.4. The van der Waals surface area contributed by atoms with Crippen molar-refractivity contribution in [3.8, 4) is 11.4 Å². The van der Waals surface area contributed by atoms with E-state index in [9.17, 15) is 4.79 Å². The van der Waals surface area contributed by atoms with E-state index < -0.39 is 0 Å². The normalized spacial score (nSPS) is 13.1. The first-order chi connectivity index (χ1) is 12.7. The largest absolute Gasteiger partial charge is 0.494 e. The van der Waals surface area contributed by atoms with Crippen molar-refractivity contribution in [2.45, 2.75) is 25.3 Å². The number of carbonyl (C=O) groups is 1. The van der Waals surface area contributed by atoms with Gasteiger partial charge in [-0.15, -0.1) is 28.8 Å². The lowest BCUT2D eigenvalue weighted by atomic mass is 10.2. The van der Waals surface area contributed by atoms with Crippen LogP contribution in [0.3, 0.4) is 0 Å². The molecule has 27 heavy (non-hydrogen) atoms. The minimum Gasteiger partial charge on any atom is -0.494 e. The second-order valence-corrected chi connectivity index (χ2v) is 6.84. The van der Waals surface area contributed by atoms with Crippen LogP contribution in [-0.2, 0) is 6.54 Å². The zero-order valence-corrected chi connectivity index (χ0v) is 16.1. The lowest BCUT2D eigenvalue weighted by molar-refractivity contribution is 0.102. The SMILES string of the molecule is COc1ccc(NC(=O)c2csc(CN)n2)cc1-n1nnnc1C1CC1.Cl. The Kier molecular flexibility index (Phi) is 5.68. The number of benzene rings is 1. The Morgan fingerprint density at radius 1 is 1.44 bits per heavy atom. The molecule has 9 nitrogen and oxygen atoms in total. The molecule has 1 aliphatic carbocycles. The number of thiazole rings is 1. The molecule has 0 bridgehead atoms. The van der Waals surface area contributed by atoms with Gasteiger partial charge in [-0.25, -0.2) is 4.98 Å². The van der Waals surface area contributed by atoms with Gasteiger partial charge in [0.15, 0.2) is 5.82 Å². The molecule has 3 aromatic rings. The minimum absolute atomic E-state index is 0. The summed E-state index contributed by atoms with van der Waals surface area (Å²) < 4.78 is 7.10. The first kappa shape index (κ1) is 19.2. The van der Waals surface area contributed by atoms with Gasteiger partial charge in [-0.1, -0.05) is 0 Å². The number of anilines is 1. The molecule has 1 saturated carbocycles. The van der Waals surface area contributed by atoms with Gasteiger partial charge in [-0.3, -0.25) is 4.79 Å². The second-order valence-electron chi connectivity index (χ2n) is 5.89. The number of hydrogen-bond donors (Lipinski definition) is 2. The number of amides is 1. The average Bonchev–Trinajstić information content (AvgIpc) is 3.20. The Balaban J connectivity index is 0.00000210. The lowest BCUT2D eigenvalue weighted by Crippen LogP contribution is -2.13. The molecule has 2 heterocycles. The van der Waals surface area contributed by atoms with E-state index in [2.05, 4.69) is 25.8 Å². The van der Waals surface area contributed by atoms with Crippen molar-refractivity contribution in [2.75, 3.05) is 12.4 Å². The van der Waals surface area contributed by atoms with E-state index >= 15 is 0 Å². The van der Waals surface area contributed by atoms with Crippen LogP contribution in [0.2, 0.25) is 0 Å². The number of tetrazole rings is 1. The highest BCUT2D eigenvalue weighted by atomic mass is 35.5. The lowest BCUT2D eigenvalue weighted by Gasteiger charge is -2.12. The molecule has 1 amide bonds. The molecule has 0 saturated heterocycles. The molecule has 2 aromatic heterocycles. The highest BCUT2D eigenvalue weighted by Gasteiger charge is 2.30. The second kappa shape index (κ2) is 7.99. The van der Waals surface area contributed by atoms with E-state index in [4.69, 9.17) is 10.5 Å². The molecule has 1 aromatic carbocycles. The van der Waals surface area contributed by atoms with Crippen LogP contribution in [0.25, 0.3) is 5.69 Å². The summed E-state index contributed by atoms with van der Waals surface area (Å²) in [7, 11) is 1.59. The van der Waals surface area contributed by atoms with Crippen LogP contribution in [0.1, 0.15) is 40.1 Å². The summed E-state index contributed by atoms with van der Waals surface area (Å²) in [6.07, 6.45) is 2.15. The quantitative estimate of drug-likeness (QED) is 0.641. The van der Waals surface area contributed by atoms with Gasteiger partial charge in [-0.2, -0.15) is 4.68 Å². The number of nitrogens with two attached hydrogens (primary N) is 1. The van der Waals surface area contributed by atoms with Gasteiger partial charge in [-0.05, 0) is 41.5 Å². The van der Waals surface area contributed by atoms with E-state index in [0.717, 1.165) is 18.7 Å². The molecular weight excluding hydrogens is 390 g/mol. The molecule has 0 radical (unpaired) electrons. The summed E-state index contributed by atoms with van der Waals surface area (Å²) in [5.74, 6) is 1.50. The number of rotatable bonds is 6. The number of methoxy groups -OCH3 is 1.